The van der Waals surface area contributed by atoms with Gasteiger partial charge in [-0.2, -0.15) is 0 Å². The van der Waals surface area contributed by atoms with Gasteiger partial charge in [0.15, 0.2) is 0 Å². The Morgan fingerprint density at radius 2 is 2.12 bits per heavy atom. The first-order valence-electron chi connectivity index (χ1n) is 8.26. The van der Waals surface area contributed by atoms with E-state index in [0.717, 1.165) is 28.2 Å². The minimum Gasteiger partial charge on any atom is -0.323 e. The summed E-state index contributed by atoms with van der Waals surface area (Å²) in [4.78, 5) is 39.9. The van der Waals surface area contributed by atoms with Gasteiger partial charge >= 0.3 is 6.03 Å². The summed E-state index contributed by atoms with van der Waals surface area (Å²) in [7, 11) is 0. The number of imide groups is 1. The zero-order valence-corrected chi connectivity index (χ0v) is 15.3. The van der Waals surface area contributed by atoms with Crippen LogP contribution in [0.1, 0.15) is 23.3 Å². The molecule has 134 valence electrons. The van der Waals surface area contributed by atoms with Crippen molar-refractivity contribution in [3.63, 3.8) is 0 Å². The van der Waals surface area contributed by atoms with E-state index in [0.29, 0.717) is 17.1 Å². The highest BCUT2D eigenvalue weighted by molar-refractivity contribution is 7.10. The number of anilines is 1. The van der Waals surface area contributed by atoms with Crippen LogP contribution in [0.5, 0.6) is 0 Å². The molecule has 2 aromatic rings. The first-order valence-corrected chi connectivity index (χ1v) is 9.52. The molecule has 0 unspecified atom stereocenters. The maximum absolute atomic E-state index is 13.0. The number of aryl methyl sites for hydroxylation is 1. The molecule has 1 fully saturated rings. The molecule has 2 aliphatic rings. The number of hydrogen-bond donors (Lipinski definition) is 2. The van der Waals surface area contributed by atoms with Crippen molar-refractivity contribution >= 4 is 46.5 Å². The second kappa shape index (κ2) is 6.41. The highest BCUT2D eigenvalue weighted by Crippen LogP contribution is 2.42. The number of benzene rings is 1. The van der Waals surface area contributed by atoms with Gasteiger partial charge in [-0.3, -0.25) is 14.5 Å². The molecule has 1 atom stereocenters. The normalized spacial score (nSPS) is 21.7. The van der Waals surface area contributed by atoms with E-state index >= 15 is 0 Å². The first kappa shape index (κ1) is 17.1. The van der Waals surface area contributed by atoms with Gasteiger partial charge in [-0.15, -0.1) is 11.3 Å². The van der Waals surface area contributed by atoms with Gasteiger partial charge in [-0.25, -0.2) is 4.79 Å². The van der Waals surface area contributed by atoms with Gasteiger partial charge in [0.2, 0.25) is 5.91 Å². The zero-order valence-electron chi connectivity index (χ0n) is 13.8. The van der Waals surface area contributed by atoms with E-state index in [4.69, 9.17) is 11.6 Å². The second-order valence-electron chi connectivity index (χ2n) is 6.37. The topological polar surface area (TPSA) is 78.5 Å². The Labute approximate surface area is 159 Å². The lowest BCUT2D eigenvalue weighted by Crippen LogP contribution is -2.46. The van der Waals surface area contributed by atoms with Crippen LogP contribution in [0.25, 0.3) is 0 Å². The van der Waals surface area contributed by atoms with Crippen molar-refractivity contribution in [3.05, 3.63) is 51.2 Å². The quantitative estimate of drug-likeness (QED) is 0.791. The Bertz CT molecular complexity index is 913. The average molecular weight is 390 g/mol. The Hall–Kier alpha value is -2.38. The summed E-state index contributed by atoms with van der Waals surface area (Å²) in [5, 5.41) is 7.80. The molecule has 0 radical (unpaired) electrons. The van der Waals surface area contributed by atoms with Gasteiger partial charge in [0.05, 0.1) is 10.7 Å². The van der Waals surface area contributed by atoms with Crippen molar-refractivity contribution in [2.75, 3.05) is 11.9 Å². The molecule has 1 spiro atoms. The highest BCUT2D eigenvalue weighted by Gasteiger charge is 2.54. The lowest BCUT2D eigenvalue weighted by Gasteiger charge is -2.31. The molecule has 1 aromatic heterocycles. The molecular weight excluding hydrogens is 374 g/mol. The van der Waals surface area contributed by atoms with Crippen LogP contribution in [0, 0.1) is 0 Å². The predicted octanol–water partition coefficient (Wildman–Crippen LogP) is 3.12. The third kappa shape index (κ3) is 2.68. The Morgan fingerprint density at radius 1 is 1.31 bits per heavy atom. The van der Waals surface area contributed by atoms with E-state index in [-0.39, 0.29) is 12.5 Å². The molecule has 4 amide bonds. The molecule has 1 aromatic carbocycles. The van der Waals surface area contributed by atoms with Crippen LogP contribution in [0.4, 0.5) is 10.5 Å². The first-order chi connectivity index (χ1) is 12.5. The fourth-order valence-corrected chi connectivity index (χ4v) is 4.76. The largest absolute Gasteiger partial charge is 0.325 e. The molecule has 2 heterocycles. The van der Waals surface area contributed by atoms with E-state index in [1.165, 1.54) is 0 Å². The summed E-state index contributed by atoms with van der Waals surface area (Å²) in [6.45, 7) is -0.350. The van der Waals surface area contributed by atoms with Crippen molar-refractivity contribution in [1.29, 1.82) is 0 Å². The number of fused-ring (bicyclic) bond motifs is 2. The van der Waals surface area contributed by atoms with Gasteiger partial charge in [-0.1, -0.05) is 23.7 Å². The summed E-state index contributed by atoms with van der Waals surface area (Å²) >= 11 is 7.62. The monoisotopic (exact) mass is 389 g/mol. The summed E-state index contributed by atoms with van der Waals surface area (Å²) < 4.78 is 0. The Balaban J connectivity index is 1.54. The predicted molar refractivity (Wildman–Crippen MR) is 99.3 cm³/mol. The van der Waals surface area contributed by atoms with Gasteiger partial charge < -0.3 is 10.6 Å². The van der Waals surface area contributed by atoms with Crippen molar-refractivity contribution in [3.8, 4) is 0 Å². The molecule has 1 saturated heterocycles. The van der Waals surface area contributed by atoms with Crippen LogP contribution in [0.2, 0.25) is 5.02 Å². The van der Waals surface area contributed by atoms with Gasteiger partial charge in [0.25, 0.3) is 5.91 Å². The van der Waals surface area contributed by atoms with Gasteiger partial charge in [0.1, 0.15) is 12.1 Å². The number of urea groups is 1. The number of nitrogens with zero attached hydrogens (tertiary/aromatic N) is 1. The van der Waals surface area contributed by atoms with Crippen molar-refractivity contribution < 1.29 is 14.4 Å². The van der Waals surface area contributed by atoms with E-state index in [1.807, 2.05) is 11.4 Å². The number of carbonyl (C=O) groups is 3. The number of rotatable bonds is 3. The van der Waals surface area contributed by atoms with E-state index < -0.39 is 17.5 Å². The van der Waals surface area contributed by atoms with E-state index in [1.54, 1.807) is 35.6 Å². The molecule has 4 rings (SSSR count). The minimum atomic E-state index is -1.03. The van der Waals surface area contributed by atoms with Crippen LogP contribution in [0.3, 0.4) is 0 Å². The molecule has 0 bridgehead atoms. The molecule has 1 aliphatic carbocycles. The number of thiophene rings is 1. The summed E-state index contributed by atoms with van der Waals surface area (Å²) in [5.41, 5.74) is 0.273. The lowest BCUT2D eigenvalue weighted by molar-refractivity contribution is -0.134. The number of hydrogen-bond acceptors (Lipinski definition) is 4. The van der Waals surface area contributed by atoms with Crippen LogP contribution in [0.15, 0.2) is 35.7 Å². The molecule has 6 nitrogen and oxygen atoms in total. The smallest absolute Gasteiger partial charge is 0.323 e. The number of carbonyl (C=O) groups excluding carboxylic acids is 3. The molecule has 26 heavy (non-hydrogen) atoms. The molecule has 0 saturated carbocycles. The van der Waals surface area contributed by atoms with Crippen molar-refractivity contribution in [2.45, 2.75) is 24.8 Å². The van der Waals surface area contributed by atoms with Crippen LogP contribution in [-0.2, 0) is 21.5 Å². The molecule has 2 N–H and O–H groups in total. The number of nitrogens with one attached hydrogen (secondary N) is 2. The second-order valence-corrected chi connectivity index (χ2v) is 7.77. The van der Waals surface area contributed by atoms with Crippen molar-refractivity contribution in [2.24, 2.45) is 0 Å². The van der Waals surface area contributed by atoms with Gasteiger partial charge in [0, 0.05) is 10.4 Å². The van der Waals surface area contributed by atoms with E-state index in [9.17, 15) is 14.4 Å². The van der Waals surface area contributed by atoms with E-state index in [2.05, 4.69) is 10.6 Å². The van der Waals surface area contributed by atoms with Crippen molar-refractivity contribution in [1.82, 2.24) is 10.2 Å². The Morgan fingerprint density at radius 3 is 2.92 bits per heavy atom. The molecular formula is C18H16ClN3O3S. The number of amides is 4. The summed E-state index contributed by atoms with van der Waals surface area (Å²) in [6, 6.07) is 8.16. The zero-order chi connectivity index (χ0) is 18.3. The molecule has 8 heteroatoms. The standard InChI is InChI=1S/C18H16ClN3O3S/c19-12-4-1-2-5-13(12)20-15(23)10-22-16(24)18(21-17(22)25)8-3-6-14-11(18)7-9-26-14/h1-2,4-5,7,9H,3,6,8,10H2,(H,20,23)(H,21,25)/t18-/m0/s1. The Kier molecular flexibility index (Phi) is 4.20. The lowest BCUT2D eigenvalue weighted by atomic mass is 9.80. The van der Waals surface area contributed by atoms with Gasteiger partial charge in [-0.05, 0) is 42.8 Å². The SMILES string of the molecule is O=C(CN1C(=O)N[C@]2(CCCc3sccc32)C1=O)Nc1ccccc1Cl. The third-order valence-corrected chi connectivity index (χ3v) is 6.10. The maximum atomic E-state index is 13.0. The number of halogens is 1. The number of para-hydroxylation sites is 1. The third-order valence-electron chi connectivity index (χ3n) is 4.79. The minimum absolute atomic E-state index is 0.350. The molecule has 1 aliphatic heterocycles. The fraction of sp³-hybridized carbons (Fsp3) is 0.278. The highest BCUT2D eigenvalue weighted by atomic mass is 35.5. The summed E-state index contributed by atoms with van der Waals surface area (Å²) in [6.07, 6.45) is 2.27. The maximum Gasteiger partial charge on any atom is 0.325 e. The van der Waals surface area contributed by atoms with Crippen LogP contribution in [-0.4, -0.2) is 29.3 Å². The average Bonchev–Trinajstić information content (AvgIpc) is 3.18. The van der Waals surface area contributed by atoms with Crippen LogP contribution < -0.4 is 10.6 Å². The summed E-state index contributed by atoms with van der Waals surface area (Å²) in [5.74, 6) is -0.837. The fourth-order valence-electron chi connectivity index (χ4n) is 3.58. The van der Waals surface area contributed by atoms with Crippen LogP contribution >= 0.6 is 22.9 Å².